The summed E-state index contributed by atoms with van der Waals surface area (Å²) in [5, 5.41) is 33.7. The van der Waals surface area contributed by atoms with Crippen molar-refractivity contribution in [2.45, 2.75) is 151 Å². The molecule has 4 aromatic carbocycles. The minimum atomic E-state index is -0.951. The van der Waals surface area contributed by atoms with Gasteiger partial charge in [-0.15, -0.1) is 0 Å². The number of nitrogens with one attached hydrogen (secondary N) is 5. The number of Topliss-reactive ketones (excluding diaryl/α,β-unsaturated/α-hetero) is 3. The monoisotopic (exact) mass is 1440 g/mol. The predicted molar refractivity (Wildman–Crippen MR) is 387 cm³/mol. The van der Waals surface area contributed by atoms with Gasteiger partial charge in [0, 0.05) is 63.2 Å². The molecule has 0 saturated heterocycles. The van der Waals surface area contributed by atoms with Crippen molar-refractivity contribution in [1.82, 2.24) is 25.8 Å². The van der Waals surface area contributed by atoms with Gasteiger partial charge in [-0.25, -0.2) is 14.4 Å². The number of amides is 7. The molecule has 2 aliphatic heterocycles. The first-order valence-corrected chi connectivity index (χ1v) is 34.9. The number of carbonyl (C=O) groups is 10. The van der Waals surface area contributed by atoms with Gasteiger partial charge in [-0.1, -0.05) is 100 Å². The number of aliphatic hydroxyl groups excluding tert-OH is 2. The summed E-state index contributed by atoms with van der Waals surface area (Å²) >= 11 is 0. The van der Waals surface area contributed by atoms with Crippen LogP contribution in [0.15, 0.2) is 109 Å². The second-order valence-corrected chi connectivity index (χ2v) is 26.5. The number of unbranched alkanes of at least 4 members (excludes halogenated alkanes) is 2. The third kappa shape index (κ3) is 25.8. The van der Waals surface area contributed by atoms with E-state index in [1.807, 2.05) is 27.7 Å². The van der Waals surface area contributed by atoms with Gasteiger partial charge >= 0.3 is 18.3 Å². The zero-order chi connectivity index (χ0) is 76.0. The van der Waals surface area contributed by atoms with Crippen molar-refractivity contribution in [3.8, 4) is 17.2 Å². The molecule has 6 rings (SSSR count). The molecule has 0 bridgehead atoms. The third-order valence-corrected chi connectivity index (χ3v) is 17.3. The van der Waals surface area contributed by atoms with Crippen molar-refractivity contribution in [2.75, 3.05) is 84.3 Å². The normalized spacial score (nSPS) is 14.8. The molecule has 2 aliphatic rings. The van der Waals surface area contributed by atoms with Crippen LogP contribution in [-0.2, 0) is 73.7 Å². The summed E-state index contributed by atoms with van der Waals surface area (Å²) in [7, 11) is 2.97. The number of anilines is 2. The summed E-state index contributed by atoms with van der Waals surface area (Å²) in [5.41, 5.74) is 5.14. The van der Waals surface area contributed by atoms with E-state index in [0.29, 0.717) is 78.9 Å². The first kappa shape index (κ1) is 83.0. The molecule has 0 aromatic heterocycles. The van der Waals surface area contributed by atoms with E-state index in [1.165, 1.54) is 35.1 Å². The van der Waals surface area contributed by atoms with Crippen LogP contribution in [0.1, 0.15) is 142 Å². The quantitative estimate of drug-likeness (QED) is 0.0123. The lowest BCUT2D eigenvalue weighted by Crippen LogP contribution is -2.53. The van der Waals surface area contributed by atoms with Crippen molar-refractivity contribution in [3.63, 3.8) is 0 Å². The van der Waals surface area contributed by atoms with Crippen LogP contribution >= 0.6 is 0 Å². The van der Waals surface area contributed by atoms with Gasteiger partial charge in [-0.05, 0) is 112 Å². The number of hydrogen-bond acceptors (Lipinski definition) is 20. The Morgan fingerprint density at radius 1 is 0.577 bits per heavy atom. The molecular formula is C77H101N7O20. The van der Waals surface area contributed by atoms with Gasteiger partial charge in [0.15, 0.2) is 23.1 Å². The molecule has 4 aromatic rings. The van der Waals surface area contributed by atoms with Crippen LogP contribution < -0.4 is 40.8 Å². The highest BCUT2D eigenvalue weighted by molar-refractivity contribution is 6.05. The van der Waals surface area contributed by atoms with E-state index in [0.717, 1.165) is 11.1 Å². The molecule has 564 valence electrons. The smallest absolute Gasteiger partial charge is 0.411 e. The highest BCUT2D eigenvalue weighted by Crippen LogP contribution is 2.37. The van der Waals surface area contributed by atoms with Crippen LogP contribution in [0.5, 0.6) is 17.2 Å². The van der Waals surface area contributed by atoms with E-state index in [-0.39, 0.29) is 154 Å². The first-order valence-electron chi connectivity index (χ1n) is 34.9. The molecule has 0 radical (unpaired) electrons. The van der Waals surface area contributed by atoms with E-state index in [4.69, 9.17) is 37.9 Å². The maximum Gasteiger partial charge on any atom is 0.411 e. The van der Waals surface area contributed by atoms with Crippen molar-refractivity contribution in [2.24, 2.45) is 17.8 Å². The molecule has 0 spiro atoms. The van der Waals surface area contributed by atoms with Crippen molar-refractivity contribution in [3.05, 3.63) is 148 Å². The number of alkyl carbamates (subject to hydrolysis) is 1. The number of hydrogen-bond donors (Lipinski definition) is 7. The molecule has 0 unspecified atom stereocenters. The molecule has 2 heterocycles. The Bertz CT molecular complexity index is 3700. The topological polar surface area (TPSA) is 352 Å². The molecule has 104 heavy (non-hydrogen) atoms. The number of methoxy groups -OCH3 is 2. The van der Waals surface area contributed by atoms with Crippen molar-refractivity contribution >= 4 is 70.6 Å². The number of benzene rings is 4. The third-order valence-electron chi connectivity index (χ3n) is 17.3. The molecular weight excluding hydrogens is 1340 g/mol. The van der Waals surface area contributed by atoms with Gasteiger partial charge in [0.25, 0.3) is 11.8 Å². The molecule has 27 heteroatoms. The Labute approximate surface area is 607 Å². The number of carbonyl (C=O) groups excluding carboxylic acids is 10. The number of ketones is 3. The standard InChI is InChI=1S/C77H101N7O20/c1-12-25-102-77(96)82-70(48(4)5)72(91)79-52(9)66(89)35-54-18-22-56(23-19-54)46-104-76(95)81-65-39-69(68(98-11)37-63(65)74(93)84-42-50(7)32-58(84)44-86)101-27-15-13-14-26-100-67-38-64(62(33-51(67)8)73(92)83-41-49(6)31-57(83)43-85)80-75(94)103-45-55-20-16-53(17-21-55)34-60(88)40-78-71(90)61(47(2)3)36-59(87)24-28-99-30-29-97-10/h12,16-23,33,37-39,41-42,47-48,52,57-58,61,70,85-86H,1,13-15,24-32,34-36,40,43-46H2,2-11H3,(H,78,90)(H,79,91)(H,80,94)(H,81,95)(H,82,96)/t52-,57+,58+,61+,70-/m1/s1. The van der Waals surface area contributed by atoms with E-state index in [2.05, 4.69) is 33.2 Å². The second-order valence-electron chi connectivity index (χ2n) is 26.5. The van der Waals surface area contributed by atoms with Crippen molar-refractivity contribution in [1.29, 1.82) is 0 Å². The van der Waals surface area contributed by atoms with Crippen LogP contribution in [0.4, 0.5) is 25.8 Å². The second kappa shape index (κ2) is 42.0. The SMILES string of the molecule is C=CCOC(=O)N[C@@H](C(=O)N[C@H](C)C(=O)Cc1ccc(COC(=O)Nc2cc(OCCCCCOc3cc(NC(=O)OCc4ccc(CC(=O)CNC(=O)[C@@H](CC(=O)CCOCCOC)C(C)C)cc4)c(C(=O)N4C=C(C)C[C@H]4CO)cc3C)c(OC)cc2C(=O)N2C=C(C)C[C@H]2CO)cc1)C(C)C. The fraction of sp³-hybridized carbons (Fsp3) is 0.481. The van der Waals surface area contributed by atoms with Gasteiger partial charge in [-0.3, -0.25) is 44.2 Å². The molecule has 7 amide bonds. The maximum absolute atomic E-state index is 14.3. The molecule has 5 atom stereocenters. The molecule has 7 N–H and O–H groups in total. The lowest BCUT2D eigenvalue weighted by Gasteiger charge is -2.24. The summed E-state index contributed by atoms with van der Waals surface area (Å²) in [5.74, 6) is -2.82. The van der Waals surface area contributed by atoms with Gasteiger partial charge < -0.3 is 73.9 Å². The van der Waals surface area contributed by atoms with Gasteiger partial charge in [0.05, 0.1) is 101 Å². The number of ether oxygens (including phenoxy) is 8. The van der Waals surface area contributed by atoms with Crippen LogP contribution in [0, 0.1) is 24.7 Å². The van der Waals surface area contributed by atoms with E-state index >= 15 is 0 Å². The van der Waals surface area contributed by atoms with Crippen LogP contribution in [0.25, 0.3) is 0 Å². The average Bonchev–Trinajstić information content (AvgIpc) is 1.44. The van der Waals surface area contributed by atoms with E-state index in [9.17, 15) is 58.2 Å². The summed E-state index contributed by atoms with van der Waals surface area (Å²) in [6.07, 6.45) is 4.91. The highest BCUT2D eigenvalue weighted by atomic mass is 16.6. The lowest BCUT2D eigenvalue weighted by molar-refractivity contribution is -0.132. The minimum Gasteiger partial charge on any atom is -0.493 e. The van der Waals surface area contributed by atoms with E-state index < -0.39 is 66.1 Å². The average molecular weight is 1440 g/mol. The van der Waals surface area contributed by atoms with E-state index in [1.54, 1.807) is 108 Å². The molecule has 0 saturated carbocycles. The number of nitrogens with zero attached hydrogens (tertiary/aromatic N) is 2. The van der Waals surface area contributed by atoms with Crippen LogP contribution in [-0.4, -0.2) is 177 Å². The Morgan fingerprint density at radius 2 is 1.11 bits per heavy atom. The fourth-order valence-corrected chi connectivity index (χ4v) is 11.4. The Balaban J connectivity index is 1.03. The fourth-order valence-electron chi connectivity index (χ4n) is 11.4. The molecule has 27 nitrogen and oxygen atoms in total. The van der Waals surface area contributed by atoms with Crippen molar-refractivity contribution < 1.29 is 96.1 Å². The van der Waals surface area contributed by atoms with Gasteiger partial charge in [0.1, 0.15) is 37.4 Å². The number of aryl methyl sites for hydroxylation is 1. The van der Waals surface area contributed by atoms with Crippen LogP contribution in [0.2, 0.25) is 0 Å². The first-order chi connectivity index (χ1) is 49.7. The van der Waals surface area contributed by atoms with Gasteiger partial charge in [0.2, 0.25) is 11.8 Å². The Kier molecular flexibility index (Phi) is 33.5. The molecule has 0 aliphatic carbocycles. The number of aliphatic hydroxyl groups is 2. The van der Waals surface area contributed by atoms with Gasteiger partial charge in [-0.2, -0.15) is 0 Å². The molecule has 0 fully saturated rings. The maximum atomic E-state index is 14.3. The summed E-state index contributed by atoms with van der Waals surface area (Å²) in [6, 6.07) is 16.8. The summed E-state index contributed by atoms with van der Waals surface area (Å²) in [6.45, 7) is 17.9. The minimum absolute atomic E-state index is 0.0204. The highest BCUT2D eigenvalue weighted by Gasteiger charge is 2.34. The largest absolute Gasteiger partial charge is 0.493 e. The van der Waals surface area contributed by atoms with Crippen LogP contribution in [0.3, 0.4) is 0 Å². The summed E-state index contributed by atoms with van der Waals surface area (Å²) < 4.78 is 44.7. The predicted octanol–water partition coefficient (Wildman–Crippen LogP) is 9.42. The number of rotatable bonds is 42. The Hall–Kier alpha value is -9.96. The summed E-state index contributed by atoms with van der Waals surface area (Å²) in [4.78, 5) is 136. The zero-order valence-corrected chi connectivity index (χ0v) is 61.2. The lowest BCUT2D eigenvalue weighted by atomic mass is 9.89. The zero-order valence-electron chi connectivity index (χ0n) is 61.2. The Morgan fingerprint density at radius 3 is 1.62 bits per heavy atom.